The molecule has 0 radical (unpaired) electrons. The van der Waals surface area contributed by atoms with Crippen LogP contribution in [0.5, 0.6) is 0 Å². The van der Waals surface area contributed by atoms with Crippen LogP contribution >= 0.6 is 7.82 Å². The van der Waals surface area contributed by atoms with E-state index in [1.165, 1.54) is 76.7 Å². The number of carbonyl (C=O) groups excluding carboxylic acids is 1. The Bertz CT molecular complexity index is 701. The number of rotatable bonds is 24. The van der Waals surface area contributed by atoms with Crippen LogP contribution in [0.2, 0.25) is 0 Å². The minimum atomic E-state index is -4.52. The molecule has 0 heterocycles. The molecule has 8 nitrogen and oxygen atoms in total. The van der Waals surface area contributed by atoms with Crippen LogP contribution in [0.4, 0.5) is 0 Å². The zero-order chi connectivity index (χ0) is 27.8. The van der Waals surface area contributed by atoms with Crippen molar-refractivity contribution in [2.75, 3.05) is 47.5 Å². The first kappa shape index (κ1) is 35.7. The smallest absolute Gasteiger partial charge is 0.330 e. The third-order valence-corrected chi connectivity index (χ3v) is 6.49. The van der Waals surface area contributed by atoms with Gasteiger partial charge in [-0.3, -0.25) is 4.57 Å². The molecule has 2 atom stereocenters. The molecular formula is C28H52NO7P. The van der Waals surface area contributed by atoms with Crippen molar-refractivity contribution >= 4 is 13.8 Å². The van der Waals surface area contributed by atoms with Crippen molar-refractivity contribution in [3.8, 4) is 0 Å². The molecule has 0 aliphatic heterocycles. The Balaban J connectivity index is 3.76. The number of aliphatic hydroxyl groups excluding tert-OH is 1. The summed E-state index contributed by atoms with van der Waals surface area (Å²) < 4.78 is 26.5. The number of hydrogen-bond donors (Lipinski definition) is 1. The average molecular weight is 546 g/mol. The largest absolute Gasteiger partial charge is 0.756 e. The molecular weight excluding hydrogens is 493 g/mol. The van der Waals surface area contributed by atoms with E-state index in [-0.39, 0.29) is 13.2 Å². The van der Waals surface area contributed by atoms with Crippen LogP contribution in [0.15, 0.2) is 36.5 Å². The Morgan fingerprint density at radius 1 is 0.865 bits per heavy atom. The first-order valence-corrected chi connectivity index (χ1v) is 15.3. The molecule has 0 aromatic carbocycles. The summed E-state index contributed by atoms with van der Waals surface area (Å²) in [6.07, 6.45) is 24.9. The van der Waals surface area contributed by atoms with Crippen LogP contribution in [-0.2, 0) is 23.1 Å². The van der Waals surface area contributed by atoms with Gasteiger partial charge in [0, 0.05) is 6.08 Å². The van der Waals surface area contributed by atoms with Gasteiger partial charge in [0.15, 0.2) is 0 Å². The molecule has 0 aromatic rings. The Labute approximate surface area is 225 Å². The second kappa shape index (κ2) is 22.7. The molecule has 0 saturated heterocycles. The zero-order valence-corrected chi connectivity index (χ0v) is 24.5. The van der Waals surface area contributed by atoms with Crippen molar-refractivity contribution in [2.45, 2.75) is 90.1 Å². The van der Waals surface area contributed by atoms with E-state index in [2.05, 4.69) is 17.5 Å². The number of likely N-dealkylation sites (N-methyl/N-ethyl adjacent to an activating group) is 1. The van der Waals surface area contributed by atoms with Crippen LogP contribution in [0.25, 0.3) is 0 Å². The number of aliphatic hydroxyl groups is 1. The fourth-order valence-corrected chi connectivity index (χ4v) is 4.01. The summed E-state index contributed by atoms with van der Waals surface area (Å²) in [5.74, 6) is -0.641. The molecule has 0 saturated carbocycles. The number of quaternary nitrogens is 1. The molecule has 0 aromatic heterocycles. The topological polar surface area (TPSA) is 105 Å². The molecule has 37 heavy (non-hydrogen) atoms. The third kappa shape index (κ3) is 27.6. The van der Waals surface area contributed by atoms with Crippen molar-refractivity contribution in [1.29, 1.82) is 0 Å². The summed E-state index contributed by atoms with van der Waals surface area (Å²) in [4.78, 5) is 23.4. The Kier molecular flexibility index (Phi) is 21.9. The molecule has 0 rings (SSSR count). The van der Waals surface area contributed by atoms with E-state index in [1.54, 1.807) is 12.2 Å². The monoisotopic (exact) mass is 545 g/mol. The minimum absolute atomic E-state index is 0.0256. The predicted molar refractivity (Wildman–Crippen MR) is 148 cm³/mol. The van der Waals surface area contributed by atoms with Gasteiger partial charge >= 0.3 is 5.97 Å². The van der Waals surface area contributed by atoms with E-state index in [4.69, 9.17) is 9.26 Å². The highest BCUT2D eigenvalue weighted by Gasteiger charge is 2.16. The lowest BCUT2D eigenvalue weighted by Crippen LogP contribution is -2.37. The summed E-state index contributed by atoms with van der Waals surface area (Å²) in [6.45, 7) is 1.77. The quantitative estimate of drug-likeness (QED) is 0.0428. The van der Waals surface area contributed by atoms with Crippen LogP contribution in [-0.4, -0.2) is 69.2 Å². The molecule has 1 unspecified atom stereocenters. The molecule has 216 valence electrons. The SMILES string of the molecule is CCCCCCCCCCCCC/C=C/C=C\C=C\C(=O)OC[C@@H](O)COP(=O)([O-])OCC[N+](C)(C)C. The lowest BCUT2D eigenvalue weighted by molar-refractivity contribution is -0.870. The van der Waals surface area contributed by atoms with E-state index in [9.17, 15) is 19.4 Å². The Morgan fingerprint density at radius 2 is 1.43 bits per heavy atom. The van der Waals surface area contributed by atoms with Gasteiger partial charge in [-0.2, -0.15) is 0 Å². The fraction of sp³-hybridized carbons (Fsp3) is 0.750. The standard InChI is InChI=1S/C28H52NO7P/c1-5-6-7-8-9-10-11-12-13-14-15-16-17-18-19-20-21-22-28(31)34-25-27(30)26-36-37(32,33)35-24-23-29(2,3)4/h17-22,27,30H,5-16,23-26H2,1-4H3/b18-17+,20-19-,22-21+/t27-/m1/s1. The highest BCUT2D eigenvalue weighted by Crippen LogP contribution is 2.38. The lowest BCUT2D eigenvalue weighted by Gasteiger charge is -2.27. The highest BCUT2D eigenvalue weighted by atomic mass is 31.2. The molecule has 0 aliphatic rings. The Morgan fingerprint density at radius 3 is 2.03 bits per heavy atom. The normalized spacial score (nSPS) is 15.1. The summed E-state index contributed by atoms with van der Waals surface area (Å²) in [6, 6.07) is 0. The van der Waals surface area contributed by atoms with Crippen molar-refractivity contribution in [3.63, 3.8) is 0 Å². The van der Waals surface area contributed by atoms with Gasteiger partial charge in [-0.05, 0) is 12.8 Å². The van der Waals surface area contributed by atoms with Gasteiger partial charge in [0.1, 0.15) is 25.9 Å². The summed E-state index contributed by atoms with van der Waals surface area (Å²) in [5, 5.41) is 9.77. The predicted octanol–water partition coefficient (Wildman–Crippen LogP) is 5.47. The van der Waals surface area contributed by atoms with Crippen molar-refractivity contribution < 1.29 is 37.6 Å². The lowest BCUT2D eigenvalue weighted by atomic mass is 10.1. The van der Waals surface area contributed by atoms with E-state index in [0.29, 0.717) is 11.0 Å². The number of nitrogens with zero attached hydrogens (tertiary/aromatic N) is 1. The van der Waals surface area contributed by atoms with Crippen LogP contribution < -0.4 is 4.89 Å². The Hall–Kier alpha value is -1.28. The minimum Gasteiger partial charge on any atom is -0.756 e. The van der Waals surface area contributed by atoms with Crippen LogP contribution in [0.3, 0.4) is 0 Å². The maximum absolute atomic E-state index is 11.7. The summed E-state index contributed by atoms with van der Waals surface area (Å²) in [7, 11) is 1.19. The third-order valence-electron chi connectivity index (χ3n) is 5.53. The number of allylic oxidation sites excluding steroid dienone is 5. The maximum atomic E-state index is 11.7. The summed E-state index contributed by atoms with van der Waals surface area (Å²) >= 11 is 0. The van der Waals surface area contributed by atoms with Crippen molar-refractivity contribution in [1.82, 2.24) is 0 Å². The average Bonchev–Trinajstić information content (AvgIpc) is 2.82. The fourth-order valence-electron chi connectivity index (χ4n) is 3.28. The van der Waals surface area contributed by atoms with E-state index in [1.807, 2.05) is 33.3 Å². The van der Waals surface area contributed by atoms with Gasteiger partial charge in [-0.15, -0.1) is 0 Å². The second-order valence-corrected chi connectivity index (χ2v) is 11.8. The maximum Gasteiger partial charge on any atom is 0.330 e. The van der Waals surface area contributed by atoms with E-state index < -0.39 is 26.5 Å². The van der Waals surface area contributed by atoms with Crippen LogP contribution in [0.1, 0.15) is 84.0 Å². The number of phosphoric acid groups is 1. The van der Waals surface area contributed by atoms with Gasteiger partial charge in [0.05, 0.1) is 27.7 Å². The molecule has 0 amide bonds. The molecule has 0 spiro atoms. The van der Waals surface area contributed by atoms with E-state index in [0.717, 1.165) is 6.42 Å². The number of phosphoric ester groups is 1. The number of ether oxygens (including phenoxy) is 1. The number of hydrogen-bond acceptors (Lipinski definition) is 7. The first-order chi connectivity index (χ1) is 17.6. The van der Waals surface area contributed by atoms with Crippen molar-refractivity contribution in [2.24, 2.45) is 0 Å². The second-order valence-electron chi connectivity index (χ2n) is 10.4. The van der Waals surface area contributed by atoms with Gasteiger partial charge in [-0.25, -0.2) is 4.79 Å². The molecule has 0 bridgehead atoms. The number of esters is 1. The molecule has 1 N–H and O–H groups in total. The van der Waals surface area contributed by atoms with E-state index >= 15 is 0 Å². The van der Waals surface area contributed by atoms with Gasteiger partial charge in [-0.1, -0.05) is 102 Å². The molecule has 9 heteroatoms. The van der Waals surface area contributed by atoms with Crippen molar-refractivity contribution in [3.05, 3.63) is 36.5 Å². The van der Waals surface area contributed by atoms with Gasteiger partial charge < -0.3 is 28.3 Å². The van der Waals surface area contributed by atoms with Gasteiger partial charge in [0.25, 0.3) is 7.82 Å². The zero-order valence-electron chi connectivity index (χ0n) is 23.6. The highest BCUT2D eigenvalue weighted by molar-refractivity contribution is 7.45. The number of carbonyl (C=O) groups is 1. The van der Waals surface area contributed by atoms with Crippen LogP contribution in [0, 0.1) is 0 Å². The number of unbranched alkanes of at least 4 members (excludes halogenated alkanes) is 11. The first-order valence-electron chi connectivity index (χ1n) is 13.8. The van der Waals surface area contributed by atoms with Gasteiger partial charge in [0.2, 0.25) is 0 Å². The summed E-state index contributed by atoms with van der Waals surface area (Å²) in [5.41, 5.74) is 0. The molecule has 0 aliphatic carbocycles. The molecule has 0 fully saturated rings.